The summed E-state index contributed by atoms with van der Waals surface area (Å²) in [4.78, 5) is 29.0. The van der Waals surface area contributed by atoms with E-state index in [4.69, 9.17) is 31.7 Å². The number of rotatable bonds is 6. The molecule has 0 aliphatic heterocycles. The molecule has 16 heavy (non-hydrogen) atoms. The maximum absolute atomic E-state index is 10.5. The Balaban J connectivity index is -0.000000292. The van der Waals surface area contributed by atoms with Crippen LogP contribution in [-0.2, 0) is 9.59 Å². The number of ketones is 1. The fourth-order valence-corrected chi connectivity index (χ4v) is 0.853. The van der Waals surface area contributed by atoms with Gasteiger partial charge in [0.05, 0.1) is 0 Å². The molecule has 0 heterocycles. The van der Waals surface area contributed by atoms with Crippen LogP contribution < -0.4 is 0 Å². The van der Waals surface area contributed by atoms with Crippen molar-refractivity contribution in [3.8, 4) is 0 Å². The summed E-state index contributed by atoms with van der Waals surface area (Å²) >= 11 is 5.38. The zero-order valence-corrected chi connectivity index (χ0v) is 8.74. The van der Waals surface area contributed by atoms with Crippen molar-refractivity contribution in [2.75, 3.05) is 5.88 Å². The van der Waals surface area contributed by atoms with Crippen LogP contribution in [0.4, 0.5) is 4.79 Å². The Kier molecular flexibility index (Phi) is 19.3. The molecule has 0 spiro atoms. The number of aliphatic carboxylic acids is 1. The van der Waals surface area contributed by atoms with E-state index in [0.717, 1.165) is 12.8 Å². The van der Waals surface area contributed by atoms with Crippen LogP contribution in [0.1, 0.15) is 25.7 Å². The van der Waals surface area contributed by atoms with Crippen LogP contribution >= 0.6 is 11.6 Å². The molecule has 0 bridgehead atoms. The van der Waals surface area contributed by atoms with Crippen molar-refractivity contribution in [2.24, 2.45) is 0 Å². The summed E-state index contributed by atoms with van der Waals surface area (Å²) in [6.07, 6.45) is 0.584. The molecule has 3 N–H and O–H groups in total. The summed E-state index contributed by atoms with van der Waals surface area (Å²) in [6, 6.07) is 0. The summed E-state index contributed by atoms with van der Waals surface area (Å²) in [7, 11) is 0. The van der Waals surface area contributed by atoms with E-state index in [9.17, 15) is 9.59 Å². The van der Waals surface area contributed by atoms with Gasteiger partial charge in [-0.2, -0.15) is 0 Å². The van der Waals surface area contributed by atoms with Crippen LogP contribution in [0.2, 0.25) is 0 Å². The van der Waals surface area contributed by atoms with Gasteiger partial charge in [-0.15, -0.1) is 11.6 Å². The number of carboxylic acids is 1. The molecule has 0 unspecified atom stereocenters. The normalized spacial score (nSPS) is 8.06. The fourth-order valence-electron chi connectivity index (χ4n) is 0.664. The van der Waals surface area contributed by atoms with Crippen LogP contribution in [-0.4, -0.2) is 68.7 Å². The molecular weight excluding hydrogens is 251 g/mol. The average molecular weight is 265 g/mol. The van der Waals surface area contributed by atoms with Crippen LogP contribution in [0.15, 0.2) is 0 Å². The predicted molar refractivity (Wildman–Crippen MR) is 59.6 cm³/mol. The van der Waals surface area contributed by atoms with Crippen molar-refractivity contribution in [1.82, 2.24) is 0 Å². The number of Topliss-reactive ketones (excluding diaryl/α,β-unsaturated/α-hetero) is 1. The maximum atomic E-state index is 10.5. The molecule has 0 rings (SSSR count). The Morgan fingerprint density at radius 1 is 0.938 bits per heavy atom. The van der Waals surface area contributed by atoms with Gasteiger partial charge in [-0.05, 0) is 12.8 Å². The van der Waals surface area contributed by atoms with E-state index in [0.29, 0.717) is 12.3 Å². The molecular formula is C8H14ClNaO6. The third-order valence-electron chi connectivity index (χ3n) is 1.28. The van der Waals surface area contributed by atoms with E-state index in [1.54, 1.807) is 0 Å². The quantitative estimate of drug-likeness (QED) is 0.286. The Hall–Kier alpha value is -0.300. The number of hydrogen-bond acceptors (Lipinski definition) is 3. The third kappa shape index (κ3) is 23.5. The molecule has 0 aliphatic carbocycles. The SMILES string of the molecule is O=C(O)C(=O)CCCCCCl.O=C(O)O.[NaH]. The zero-order valence-electron chi connectivity index (χ0n) is 7.98. The first-order valence-electron chi connectivity index (χ1n) is 4.15. The monoisotopic (exact) mass is 264 g/mol. The van der Waals surface area contributed by atoms with Gasteiger partial charge in [0.1, 0.15) is 0 Å². The van der Waals surface area contributed by atoms with E-state index in [2.05, 4.69) is 0 Å². The van der Waals surface area contributed by atoms with Crippen LogP contribution in [0.3, 0.4) is 0 Å². The predicted octanol–water partition coefficient (Wildman–Crippen LogP) is 1.01. The molecule has 0 aromatic carbocycles. The summed E-state index contributed by atoms with van der Waals surface area (Å²) in [5.41, 5.74) is 0. The molecule has 0 amide bonds. The summed E-state index contributed by atoms with van der Waals surface area (Å²) in [5, 5.41) is 22.1. The summed E-state index contributed by atoms with van der Waals surface area (Å²) in [6.45, 7) is 0. The Morgan fingerprint density at radius 2 is 1.38 bits per heavy atom. The molecule has 6 nitrogen and oxygen atoms in total. The fraction of sp³-hybridized carbons (Fsp3) is 0.625. The van der Waals surface area contributed by atoms with Crippen molar-refractivity contribution in [3.63, 3.8) is 0 Å². The van der Waals surface area contributed by atoms with E-state index < -0.39 is 17.9 Å². The molecule has 0 radical (unpaired) electrons. The van der Waals surface area contributed by atoms with Gasteiger partial charge in [0.2, 0.25) is 5.78 Å². The number of unbranched alkanes of at least 4 members (excludes halogenated alkanes) is 2. The van der Waals surface area contributed by atoms with Gasteiger partial charge in [-0.1, -0.05) is 6.42 Å². The van der Waals surface area contributed by atoms with Gasteiger partial charge in [0.15, 0.2) is 0 Å². The number of carbonyl (C=O) groups is 3. The minimum atomic E-state index is -1.83. The van der Waals surface area contributed by atoms with Gasteiger partial charge in [0.25, 0.3) is 0 Å². The van der Waals surface area contributed by atoms with Crippen molar-refractivity contribution in [3.05, 3.63) is 0 Å². The second kappa shape index (κ2) is 14.7. The van der Waals surface area contributed by atoms with Gasteiger partial charge in [0, 0.05) is 12.3 Å². The van der Waals surface area contributed by atoms with E-state index >= 15 is 0 Å². The van der Waals surface area contributed by atoms with Crippen LogP contribution in [0, 0.1) is 0 Å². The Bertz CT molecular complexity index is 217. The van der Waals surface area contributed by atoms with E-state index in [-0.39, 0.29) is 36.0 Å². The van der Waals surface area contributed by atoms with Crippen molar-refractivity contribution in [1.29, 1.82) is 0 Å². The molecule has 8 heteroatoms. The molecule has 0 aliphatic rings. The number of hydrogen-bond donors (Lipinski definition) is 3. The average Bonchev–Trinajstić information content (AvgIpc) is 2.11. The molecule has 0 aromatic heterocycles. The van der Waals surface area contributed by atoms with Crippen LogP contribution in [0.25, 0.3) is 0 Å². The Morgan fingerprint density at radius 3 is 1.69 bits per heavy atom. The van der Waals surface area contributed by atoms with Crippen molar-refractivity contribution in [2.45, 2.75) is 25.7 Å². The first-order valence-corrected chi connectivity index (χ1v) is 4.69. The third-order valence-corrected chi connectivity index (χ3v) is 1.54. The first kappa shape index (κ1) is 21.0. The summed E-state index contributed by atoms with van der Waals surface area (Å²) < 4.78 is 0. The van der Waals surface area contributed by atoms with Gasteiger partial charge < -0.3 is 15.3 Å². The zero-order chi connectivity index (χ0) is 12.3. The van der Waals surface area contributed by atoms with Crippen molar-refractivity contribution >= 4 is 59.1 Å². The number of alkyl halides is 1. The molecule has 0 atom stereocenters. The van der Waals surface area contributed by atoms with Crippen LogP contribution in [0.5, 0.6) is 0 Å². The standard InChI is InChI=1S/C7H11ClO3.CH2O3.Na.H/c8-5-3-1-2-4-6(9)7(10)11;2-1(3)4;;/h1-5H2,(H,10,11);(H2,2,3,4);;. The molecule has 0 aromatic rings. The Labute approximate surface area is 120 Å². The molecule has 90 valence electrons. The van der Waals surface area contributed by atoms with Gasteiger partial charge >= 0.3 is 41.7 Å². The second-order valence-corrected chi connectivity index (χ2v) is 2.89. The molecule has 0 fully saturated rings. The van der Waals surface area contributed by atoms with E-state index in [1.807, 2.05) is 0 Å². The van der Waals surface area contributed by atoms with Crippen molar-refractivity contribution < 1.29 is 29.7 Å². The van der Waals surface area contributed by atoms with E-state index in [1.165, 1.54) is 0 Å². The minimum absolute atomic E-state index is 0. The summed E-state index contributed by atoms with van der Waals surface area (Å²) in [5.74, 6) is -1.48. The number of carbonyl (C=O) groups excluding carboxylic acids is 1. The molecule has 0 saturated heterocycles. The number of carboxylic acid groups (broad SMARTS) is 3. The second-order valence-electron chi connectivity index (χ2n) is 2.51. The number of halogens is 1. The topological polar surface area (TPSA) is 112 Å². The molecule has 0 saturated carbocycles. The first-order chi connectivity index (χ1) is 6.91. The van der Waals surface area contributed by atoms with Gasteiger partial charge in [-0.25, -0.2) is 9.59 Å². The van der Waals surface area contributed by atoms with Gasteiger partial charge in [-0.3, -0.25) is 4.79 Å².